The van der Waals surface area contributed by atoms with E-state index < -0.39 is 24.7 Å². The lowest BCUT2D eigenvalue weighted by molar-refractivity contribution is -0.137. The zero-order valence-corrected chi connectivity index (χ0v) is 16.9. The summed E-state index contributed by atoms with van der Waals surface area (Å²) in [7, 11) is 0. The third-order valence-electron chi connectivity index (χ3n) is 6.16. The lowest BCUT2D eigenvalue weighted by Crippen LogP contribution is -2.40. The minimum Gasteiger partial charge on any atom is -0.355 e. The molecule has 3 aromatic heterocycles. The Hall–Kier alpha value is -3.05. The van der Waals surface area contributed by atoms with Gasteiger partial charge in [0, 0.05) is 32.4 Å². The highest BCUT2D eigenvalue weighted by Gasteiger charge is 2.42. The fourth-order valence-electron chi connectivity index (χ4n) is 4.68. The number of piperidine rings is 1. The predicted octanol–water partition coefficient (Wildman–Crippen LogP) is 3.47. The molecule has 0 radical (unpaired) electrons. The van der Waals surface area contributed by atoms with Gasteiger partial charge in [0.05, 0.1) is 18.0 Å². The molecule has 0 aliphatic carbocycles. The molecule has 32 heavy (non-hydrogen) atoms. The molecule has 2 aliphatic heterocycles. The van der Waals surface area contributed by atoms with Crippen LogP contribution in [0.3, 0.4) is 0 Å². The first-order valence-electron chi connectivity index (χ1n) is 10.3. The summed E-state index contributed by atoms with van der Waals surface area (Å²) in [6, 6.07) is 2.36. The molecule has 3 aromatic rings. The average molecular weight is 453 g/mol. The topological polar surface area (TPSA) is 63.0 Å². The van der Waals surface area contributed by atoms with E-state index in [0.29, 0.717) is 43.2 Å². The summed E-state index contributed by atoms with van der Waals surface area (Å²) in [5.74, 6) is 0.906. The fraction of sp³-hybridized carbons (Fsp3) is 0.500. The van der Waals surface area contributed by atoms with Gasteiger partial charge in [0.15, 0.2) is 5.65 Å². The first-order chi connectivity index (χ1) is 15.3. The van der Waals surface area contributed by atoms with Crippen LogP contribution in [-0.4, -0.2) is 57.3 Å². The van der Waals surface area contributed by atoms with Gasteiger partial charge < -0.3 is 9.80 Å². The van der Waals surface area contributed by atoms with Crippen molar-refractivity contribution in [2.75, 3.05) is 36.0 Å². The van der Waals surface area contributed by atoms with Crippen molar-refractivity contribution in [1.29, 1.82) is 0 Å². The maximum absolute atomic E-state index is 13.4. The summed E-state index contributed by atoms with van der Waals surface area (Å²) in [5, 5.41) is 3.93. The molecule has 170 valence electrons. The van der Waals surface area contributed by atoms with Crippen LogP contribution in [-0.2, 0) is 12.7 Å². The summed E-state index contributed by atoms with van der Waals surface area (Å²) >= 11 is 0. The molecule has 2 aliphatic rings. The molecule has 0 saturated carbocycles. The molecule has 2 atom stereocenters. The van der Waals surface area contributed by atoms with Crippen molar-refractivity contribution in [2.45, 2.75) is 25.6 Å². The lowest BCUT2D eigenvalue weighted by atomic mass is 9.89. The number of alkyl halides is 5. The molecule has 0 N–H and O–H groups in total. The Morgan fingerprint density at radius 2 is 1.81 bits per heavy atom. The van der Waals surface area contributed by atoms with Crippen LogP contribution in [0.25, 0.3) is 11.2 Å². The first kappa shape index (κ1) is 20.8. The predicted molar refractivity (Wildman–Crippen MR) is 107 cm³/mol. The summed E-state index contributed by atoms with van der Waals surface area (Å²) < 4.78 is 67.0. The Morgan fingerprint density at radius 1 is 1.03 bits per heavy atom. The molecule has 0 aromatic carbocycles. The fourth-order valence-corrected chi connectivity index (χ4v) is 4.68. The minimum atomic E-state index is -4.46. The zero-order valence-electron chi connectivity index (χ0n) is 16.9. The van der Waals surface area contributed by atoms with E-state index in [1.807, 2.05) is 4.90 Å². The van der Waals surface area contributed by atoms with E-state index in [2.05, 4.69) is 20.1 Å². The lowest BCUT2D eigenvalue weighted by Gasteiger charge is -2.34. The summed E-state index contributed by atoms with van der Waals surface area (Å²) in [6.45, 7) is 1.67. The average Bonchev–Trinajstić information content (AvgIpc) is 3.36. The van der Waals surface area contributed by atoms with Crippen molar-refractivity contribution < 1.29 is 22.0 Å². The quantitative estimate of drug-likeness (QED) is 0.564. The Labute approximate surface area is 179 Å². The number of rotatable bonds is 4. The molecule has 12 heteroatoms. The van der Waals surface area contributed by atoms with Gasteiger partial charge in [-0.25, -0.2) is 28.4 Å². The van der Waals surface area contributed by atoms with E-state index >= 15 is 0 Å². The Bertz CT molecular complexity index is 1120. The molecule has 0 amide bonds. The van der Waals surface area contributed by atoms with E-state index in [-0.39, 0.29) is 17.7 Å². The van der Waals surface area contributed by atoms with E-state index in [0.717, 1.165) is 17.2 Å². The SMILES string of the molecule is FC(F)Cn1ncc2ncc(N3CC[C@@H]4CN(c5ncccc5C(F)(F)F)C[C@@H]4C3)nc21. The molecule has 5 heterocycles. The number of nitrogens with zero attached hydrogens (tertiary/aromatic N) is 7. The standard InChI is InChI=1S/C20H20F5N7/c21-16(22)11-32-19-15(6-28-32)27-7-17(29-19)30-5-3-12-8-31(10-13(12)9-30)18-14(20(23,24)25)2-1-4-26-18/h1-2,4,6-7,12-13,16H,3,5,8-11H2/t12-,13+/m1/s1. The van der Waals surface area contributed by atoms with Crippen molar-refractivity contribution in [1.82, 2.24) is 24.7 Å². The van der Waals surface area contributed by atoms with Crippen LogP contribution in [0, 0.1) is 11.8 Å². The van der Waals surface area contributed by atoms with E-state index in [1.54, 1.807) is 11.1 Å². The largest absolute Gasteiger partial charge is 0.419 e. The smallest absolute Gasteiger partial charge is 0.355 e. The van der Waals surface area contributed by atoms with Crippen molar-refractivity contribution in [2.24, 2.45) is 11.8 Å². The maximum Gasteiger partial charge on any atom is 0.419 e. The second-order valence-corrected chi connectivity index (χ2v) is 8.19. The Kier molecular flexibility index (Phi) is 5.09. The Balaban J connectivity index is 1.35. The number of fused-ring (bicyclic) bond motifs is 2. The van der Waals surface area contributed by atoms with Crippen LogP contribution in [0.4, 0.5) is 33.6 Å². The third-order valence-corrected chi connectivity index (χ3v) is 6.16. The van der Waals surface area contributed by atoms with Crippen LogP contribution in [0.15, 0.2) is 30.7 Å². The van der Waals surface area contributed by atoms with Gasteiger partial charge in [0.2, 0.25) is 0 Å². The maximum atomic E-state index is 13.4. The second kappa shape index (κ2) is 7.82. The number of pyridine rings is 1. The van der Waals surface area contributed by atoms with Crippen LogP contribution in [0.2, 0.25) is 0 Å². The van der Waals surface area contributed by atoms with Crippen molar-refractivity contribution in [3.05, 3.63) is 36.3 Å². The molecular formula is C20H20F5N7. The monoisotopic (exact) mass is 453 g/mol. The molecule has 5 rings (SSSR count). The molecule has 0 unspecified atom stereocenters. The summed E-state index contributed by atoms with van der Waals surface area (Å²) in [5.41, 5.74) is 0.00606. The zero-order chi connectivity index (χ0) is 22.5. The molecule has 0 bridgehead atoms. The number of halogens is 5. The minimum absolute atomic E-state index is 0.0296. The van der Waals surface area contributed by atoms with Crippen LogP contribution in [0.5, 0.6) is 0 Å². The van der Waals surface area contributed by atoms with E-state index in [1.165, 1.54) is 18.5 Å². The molecular weight excluding hydrogens is 433 g/mol. The van der Waals surface area contributed by atoms with Crippen molar-refractivity contribution in [3.63, 3.8) is 0 Å². The van der Waals surface area contributed by atoms with Crippen molar-refractivity contribution >= 4 is 22.8 Å². The highest BCUT2D eigenvalue weighted by atomic mass is 19.4. The highest BCUT2D eigenvalue weighted by Crippen LogP contribution is 2.40. The van der Waals surface area contributed by atoms with Gasteiger partial charge in [0.1, 0.15) is 23.7 Å². The number of anilines is 2. The van der Waals surface area contributed by atoms with Gasteiger partial charge in [-0.1, -0.05) is 0 Å². The number of hydrogen-bond donors (Lipinski definition) is 0. The van der Waals surface area contributed by atoms with Gasteiger partial charge in [-0.15, -0.1) is 0 Å². The van der Waals surface area contributed by atoms with Crippen LogP contribution in [0.1, 0.15) is 12.0 Å². The normalized spacial score (nSPS) is 21.6. The van der Waals surface area contributed by atoms with Gasteiger partial charge in [-0.05, 0) is 30.4 Å². The number of aromatic nitrogens is 5. The van der Waals surface area contributed by atoms with E-state index in [9.17, 15) is 22.0 Å². The number of hydrogen-bond acceptors (Lipinski definition) is 6. The van der Waals surface area contributed by atoms with Crippen molar-refractivity contribution in [3.8, 4) is 0 Å². The molecule has 7 nitrogen and oxygen atoms in total. The first-order valence-corrected chi connectivity index (χ1v) is 10.3. The Morgan fingerprint density at radius 3 is 2.59 bits per heavy atom. The van der Waals surface area contributed by atoms with Gasteiger partial charge in [-0.2, -0.15) is 18.3 Å². The van der Waals surface area contributed by atoms with Gasteiger partial charge >= 0.3 is 6.18 Å². The summed E-state index contributed by atoms with van der Waals surface area (Å²) in [4.78, 5) is 16.6. The van der Waals surface area contributed by atoms with Crippen LogP contribution >= 0.6 is 0 Å². The summed E-state index contributed by atoms with van der Waals surface area (Å²) in [6.07, 6.45) is -1.87. The molecule has 2 fully saturated rings. The molecule has 2 saturated heterocycles. The van der Waals surface area contributed by atoms with Gasteiger partial charge in [-0.3, -0.25) is 0 Å². The van der Waals surface area contributed by atoms with Gasteiger partial charge in [0.25, 0.3) is 6.43 Å². The highest BCUT2D eigenvalue weighted by molar-refractivity contribution is 5.71. The van der Waals surface area contributed by atoms with E-state index in [4.69, 9.17) is 0 Å². The second-order valence-electron chi connectivity index (χ2n) is 8.19. The van der Waals surface area contributed by atoms with Crippen LogP contribution < -0.4 is 9.80 Å². The third kappa shape index (κ3) is 3.82. The molecule has 0 spiro atoms.